The molecule has 0 radical (unpaired) electrons. The van der Waals surface area contributed by atoms with E-state index in [1.165, 1.54) is 6.07 Å². The minimum atomic E-state index is -4.43. The zero-order chi connectivity index (χ0) is 35.3. The van der Waals surface area contributed by atoms with Crippen molar-refractivity contribution in [3.63, 3.8) is 0 Å². The van der Waals surface area contributed by atoms with Crippen molar-refractivity contribution in [2.24, 2.45) is 0 Å². The van der Waals surface area contributed by atoms with E-state index in [9.17, 15) is 23.2 Å². The zero-order valence-corrected chi connectivity index (χ0v) is 28.8. The van der Waals surface area contributed by atoms with Crippen molar-refractivity contribution in [3.05, 3.63) is 89.0 Å². The van der Waals surface area contributed by atoms with Gasteiger partial charge >= 0.3 is 12.1 Å². The number of para-hydroxylation sites is 2. The lowest BCUT2D eigenvalue weighted by atomic mass is 9.84. The number of benzene rings is 3. The van der Waals surface area contributed by atoms with Crippen LogP contribution in [0.15, 0.2) is 66.7 Å². The van der Waals surface area contributed by atoms with Crippen molar-refractivity contribution in [2.45, 2.75) is 89.9 Å². The number of ether oxygens (including phenoxy) is 3. The number of rotatable bonds is 19. The molecule has 0 unspecified atom stereocenters. The predicted octanol–water partition coefficient (Wildman–Crippen LogP) is 8.44. The van der Waals surface area contributed by atoms with Crippen LogP contribution in [0.1, 0.15) is 86.3 Å². The third kappa shape index (κ3) is 11.1. The quantitative estimate of drug-likeness (QED) is 0.101. The molecule has 1 atom stereocenters. The van der Waals surface area contributed by atoms with E-state index in [2.05, 4.69) is 43.1 Å². The van der Waals surface area contributed by atoms with Gasteiger partial charge in [0.1, 0.15) is 6.07 Å². The Balaban J connectivity index is 1.36. The Morgan fingerprint density at radius 2 is 1.63 bits per heavy atom. The molecule has 3 aromatic rings. The van der Waals surface area contributed by atoms with Crippen LogP contribution < -0.4 is 19.7 Å². The minimum absolute atomic E-state index is 0.0766. The first kappa shape index (κ1) is 37.6. The predicted molar refractivity (Wildman–Crippen MR) is 185 cm³/mol. The minimum Gasteiger partial charge on any atom is -0.490 e. The summed E-state index contributed by atoms with van der Waals surface area (Å²) in [6.07, 6.45) is 2.26. The maximum absolute atomic E-state index is 12.8. The molecule has 1 aliphatic rings. The van der Waals surface area contributed by atoms with Crippen molar-refractivity contribution < 1.29 is 32.2 Å². The second-order valence-corrected chi connectivity index (χ2v) is 12.8. The second kappa shape index (κ2) is 18.0. The smallest absolute Gasteiger partial charge is 0.422 e. The van der Waals surface area contributed by atoms with E-state index in [1.54, 1.807) is 30.3 Å². The molecule has 0 aliphatic carbocycles. The number of hydrogen-bond donors (Lipinski definition) is 1. The lowest BCUT2D eigenvalue weighted by Gasteiger charge is -2.38. The highest BCUT2D eigenvalue weighted by atomic mass is 19.4. The molecule has 4 rings (SSSR count). The van der Waals surface area contributed by atoms with Gasteiger partial charge in [0, 0.05) is 24.7 Å². The number of halogens is 3. The normalized spacial score (nSPS) is 13.4. The highest BCUT2D eigenvalue weighted by molar-refractivity contribution is 5.89. The first-order chi connectivity index (χ1) is 23.6. The number of carbonyl (C=O) groups excluding carboxylic acids is 1. The van der Waals surface area contributed by atoms with E-state index in [1.807, 2.05) is 24.3 Å². The van der Waals surface area contributed by atoms with Gasteiger partial charge < -0.3 is 24.4 Å². The molecule has 7 nitrogen and oxygen atoms in total. The van der Waals surface area contributed by atoms with Crippen molar-refractivity contribution in [3.8, 4) is 17.6 Å². The first-order valence-electron chi connectivity index (χ1n) is 17.3. The third-order valence-corrected chi connectivity index (χ3v) is 8.78. The molecule has 1 N–H and O–H groups in total. The van der Waals surface area contributed by atoms with Crippen molar-refractivity contribution in [1.29, 1.82) is 5.26 Å². The Labute approximate surface area is 288 Å². The molecule has 0 saturated heterocycles. The maximum atomic E-state index is 12.8. The van der Waals surface area contributed by atoms with Crippen LogP contribution >= 0.6 is 0 Å². The van der Waals surface area contributed by atoms with Crippen LogP contribution in [0.4, 0.5) is 18.9 Å². The summed E-state index contributed by atoms with van der Waals surface area (Å²) < 4.78 is 54.8. The zero-order valence-electron chi connectivity index (χ0n) is 28.8. The number of nitrogens with one attached hydrogen (secondary N) is 1. The monoisotopic (exact) mass is 679 g/mol. The van der Waals surface area contributed by atoms with Gasteiger partial charge in [-0.05, 0) is 86.9 Å². The van der Waals surface area contributed by atoms with Gasteiger partial charge in [0.05, 0.1) is 30.0 Å². The van der Waals surface area contributed by atoms with Crippen molar-refractivity contribution in [1.82, 2.24) is 5.32 Å². The van der Waals surface area contributed by atoms with E-state index in [0.717, 1.165) is 61.9 Å². The molecule has 1 heterocycles. The molecule has 10 heteroatoms. The Morgan fingerprint density at radius 3 is 2.29 bits per heavy atom. The number of nitriles is 1. The average molecular weight is 680 g/mol. The largest absolute Gasteiger partial charge is 0.490 e. The highest BCUT2D eigenvalue weighted by Gasteiger charge is 2.31. The van der Waals surface area contributed by atoms with Crippen molar-refractivity contribution >= 4 is 11.7 Å². The first-order valence-corrected chi connectivity index (χ1v) is 17.3. The summed E-state index contributed by atoms with van der Waals surface area (Å²) in [6.45, 7) is 7.22. The van der Waals surface area contributed by atoms with Gasteiger partial charge in [-0.15, -0.1) is 0 Å². The average Bonchev–Trinajstić information content (AvgIpc) is 3.48. The summed E-state index contributed by atoms with van der Waals surface area (Å²) in [5.74, 6) is 0.0422. The van der Waals surface area contributed by atoms with E-state index < -0.39 is 12.8 Å². The number of alkyl halides is 3. The Hall–Kier alpha value is -4.23. The molecule has 0 spiro atoms. The summed E-state index contributed by atoms with van der Waals surface area (Å²) in [6, 6.07) is 22.1. The van der Waals surface area contributed by atoms with Gasteiger partial charge in [-0.3, -0.25) is 0 Å². The van der Waals surface area contributed by atoms with Crippen LogP contribution in [0.25, 0.3) is 0 Å². The molecule has 1 aliphatic heterocycles. The molecule has 0 bridgehead atoms. The number of esters is 1. The summed E-state index contributed by atoms with van der Waals surface area (Å²) >= 11 is 0. The summed E-state index contributed by atoms with van der Waals surface area (Å²) in [4.78, 5) is 14.5. The standard InChI is InChI=1S/C39H48F3N3O4/c1-4-17-38(18-5-2,19-23-47-34-14-9-10-15-35(34)49-28-39(40,41)42)44-29(3)24-30-25-32-16-21-45(36(32)33(26-30)27-43)20-11-22-48-37(46)31-12-7-6-8-13-31/h6-10,12-15,25-26,29,44H,4-5,11,16-24,28H2,1-3H3/t29-/m1/s1. The van der Waals surface area contributed by atoms with E-state index in [-0.39, 0.29) is 23.3 Å². The highest BCUT2D eigenvalue weighted by Crippen LogP contribution is 2.34. The summed E-state index contributed by atoms with van der Waals surface area (Å²) in [5.41, 5.74) is 4.21. The lowest BCUT2D eigenvalue weighted by molar-refractivity contribution is -0.153. The number of carbonyl (C=O) groups is 1. The van der Waals surface area contributed by atoms with Crippen LogP contribution in [0.5, 0.6) is 11.5 Å². The molecule has 264 valence electrons. The molecule has 0 fully saturated rings. The fourth-order valence-electron chi connectivity index (χ4n) is 6.88. The number of anilines is 1. The summed E-state index contributed by atoms with van der Waals surface area (Å²) in [7, 11) is 0. The third-order valence-electron chi connectivity index (χ3n) is 8.78. The van der Waals surface area contributed by atoms with Crippen LogP contribution in [0.3, 0.4) is 0 Å². The van der Waals surface area contributed by atoms with Gasteiger partial charge in [-0.25, -0.2) is 4.79 Å². The molecule has 0 aromatic heterocycles. The van der Waals surface area contributed by atoms with Crippen LogP contribution in [-0.4, -0.2) is 56.6 Å². The van der Waals surface area contributed by atoms with E-state index >= 15 is 0 Å². The lowest BCUT2D eigenvalue weighted by Crippen LogP contribution is -2.51. The second-order valence-electron chi connectivity index (χ2n) is 12.8. The molecular weight excluding hydrogens is 631 g/mol. The fraction of sp³-hybridized carbons (Fsp3) is 0.487. The van der Waals surface area contributed by atoms with Gasteiger partial charge in [0.15, 0.2) is 18.1 Å². The maximum Gasteiger partial charge on any atom is 0.422 e. The van der Waals surface area contributed by atoms with Gasteiger partial charge in [0.25, 0.3) is 0 Å². The number of nitrogens with zero attached hydrogens (tertiary/aromatic N) is 2. The SMILES string of the molecule is CCCC(CCC)(CCOc1ccccc1OCC(F)(F)F)N[C@H](C)Cc1cc(C#N)c2c(c1)CCN2CCCOC(=O)c1ccccc1. The Morgan fingerprint density at radius 1 is 0.959 bits per heavy atom. The molecular formula is C39H48F3N3O4. The molecule has 0 saturated carbocycles. The number of fused-ring (bicyclic) bond motifs is 1. The molecule has 49 heavy (non-hydrogen) atoms. The molecule has 0 amide bonds. The van der Waals surface area contributed by atoms with Crippen LogP contribution in [0, 0.1) is 11.3 Å². The van der Waals surface area contributed by atoms with Crippen LogP contribution in [-0.2, 0) is 17.6 Å². The van der Waals surface area contributed by atoms with Crippen LogP contribution in [0.2, 0.25) is 0 Å². The van der Waals surface area contributed by atoms with E-state index in [0.29, 0.717) is 49.5 Å². The van der Waals surface area contributed by atoms with Crippen molar-refractivity contribution in [2.75, 3.05) is 37.8 Å². The Bertz CT molecular complexity index is 1530. The van der Waals surface area contributed by atoms with E-state index in [4.69, 9.17) is 14.2 Å². The fourth-order valence-corrected chi connectivity index (χ4v) is 6.88. The Kier molecular flexibility index (Phi) is 13.8. The van der Waals surface area contributed by atoms with Gasteiger partial charge in [-0.2, -0.15) is 18.4 Å². The summed E-state index contributed by atoms with van der Waals surface area (Å²) in [5, 5.41) is 14.0. The topological polar surface area (TPSA) is 83.8 Å². The van der Waals surface area contributed by atoms with Gasteiger partial charge in [0.2, 0.25) is 0 Å². The molecule has 3 aromatic carbocycles. The van der Waals surface area contributed by atoms with Gasteiger partial charge in [-0.1, -0.05) is 63.1 Å². The number of hydrogen-bond acceptors (Lipinski definition) is 7.